The molecule has 0 fully saturated rings. The van der Waals surface area contributed by atoms with Gasteiger partial charge in [0, 0.05) is 5.56 Å². The van der Waals surface area contributed by atoms with Crippen LogP contribution in [-0.2, 0) is 4.74 Å². The van der Waals surface area contributed by atoms with E-state index in [0.29, 0.717) is 30.9 Å². The number of benzene rings is 1. The Hall–Kier alpha value is -1.82. The third-order valence-corrected chi connectivity index (χ3v) is 2.31. The first-order chi connectivity index (χ1) is 8.54. The molecule has 0 unspecified atom stereocenters. The van der Waals surface area contributed by atoms with Crippen molar-refractivity contribution in [2.75, 3.05) is 13.2 Å². The third-order valence-electron chi connectivity index (χ3n) is 2.31. The molecule has 1 amide bonds. The molecule has 18 heavy (non-hydrogen) atoms. The molecule has 4 N–H and O–H groups in total. The number of hydrogen-bond acceptors (Lipinski definition) is 4. The smallest absolute Gasteiger partial charge is 0.405 e. The van der Waals surface area contributed by atoms with Crippen molar-refractivity contribution in [2.45, 2.75) is 19.4 Å². The van der Waals surface area contributed by atoms with Gasteiger partial charge in [-0.15, -0.1) is 0 Å². The van der Waals surface area contributed by atoms with E-state index in [9.17, 15) is 9.18 Å². The lowest BCUT2D eigenvalue weighted by atomic mass is 10.1. The molecule has 0 aliphatic heterocycles. The van der Waals surface area contributed by atoms with Gasteiger partial charge in [-0.1, -0.05) is 0 Å². The summed E-state index contributed by atoms with van der Waals surface area (Å²) >= 11 is 0. The second kappa shape index (κ2) is 6.80. The van der Waals surface area contributed by atoms with Crippen LogP contribution in [0.15, 0.2) is 18.2 Å². The van der Waals surface area contributed by atoms with Gasteiger partial charge >= 0.3 is 6.09 Å². The van der Waals surface area contributed by atoms with Crippen molar-refractivity contribution in [3.8, 4) is 5.75 Å². The molecule has 0 saturated heterocycles. The van der Waals surface area contributed by atoms with Crippen LogP contribution in [0.25, 0.3) is 0 Å². The minimum Gasteiger partial charge on any atom is -0.493 e. The number of ether oxygens (including phenoxy) is 2. The van der Waals surface area contributed by atoms with Gasteiger partial charge in [0.05, 0.1) is 6.61 Å². The van der Waals surface area contributed by atoms with Gasteiger partial charge in [-0.2, -0.15) is 0 Å². The first-order valence-electron chi connectivity index (χ1n) is 5.63. The highest BCUT2D eigenvalue weighted by Gasteiger charge is 2.15. The minimum atomic E-state index is -0.917. The summed E-state index contributed by atoms with van der Waals surface area (Å²) in [5.41, 5.74) is 10.7. The fourth-order valence-corrected chi connectivity index (χ4v) is 1.47. The number of rotatable bonds is 6. The number of amides is 1. The molecule has 1 aromatic carbocycles. The molecule has 0 bridgehead atoms. The van der Waals surface area contributed by atoms with Crippen molar-refractivity contribution in [3.63, 3.8) is 0 Å². The standard InChI is InChI=1S/C12H17FN2O3/c1-8(18-12(15)16)10-7-9(13)3-4-11(10)17-6-2-5-14/h3-4,7-8H,2,5-6,14H2,1H3,(H2,15,16)/t8-/m1/s1. The number of hydrogen-bond donors (Lipinski definition) is 2. The van der Waals surface area contributed by atoms with Gasteiger partial charge in [0.1, 0.15) is 17.7 Å². The van der Waals surface area contributed by atoms with Crippen LogP contribution < -0.4 is 16.2 Å². The predicted octanol–water partition coefficient (Wildman–Crippen LogP) is 1.71. The zero-order valence-electron chi connectivity index (χ0n) is 10.2. The summed E-state index contributed by atoms with van der Waals surface area (Å²) in [6.45, 7) is 2.51. The highest BCUT2D eigenvalue weighted by atomic mass is 19.1. The lowest BCUT2D eigenvalue weighted by Crippen LogP contribution is -2.16. The molecule has 0 aliphatic carbocycles. The van der Waals surface area contributed by atoms with Gasteiger partial charge in [-0.3, -0.25) is 0 Å². The monoisotopic (exact) mass is 256 g/mol. The van der Waals surface area contributed by atoms with Crippen molar-refractivity contribution in [2.24, 2.45) is 11.5 Å². The van der Waals surface area contributed by atoms with Gasteiger partial charge in [0.25, 0.3) is 0 Å². The van der Waals surface area contributed by atoms with Gasteiger partial charge in [-0.25, -0.2) is 9.18 Å². The highest BCUT2D eigenvalue weighted by molar-refractivity contribution is 5.65. The van der Waals surface area contributed by atoms with Crippen LogP contribution in [0.1, 0.15) is 25.0 Å². The van der Waals surface area contributed by atoms with E-state index in [0.717, 1.165) is 0 Å². The van der Waals surface area contributed by atoms with Crippen LogP contribution in [0.4, 0.5) is 9.18 Å². The summed E-state index contributed by atoms with van der Waals surface area (Å²) in [4.78, 5) is 10.7. The lowest BCUT2D eigenvalue weighted by Gasteiger charge is -2.16. The maximum absolute atomic E-state index is 13.2. The molecule has 0 aromatic heterocycles. The Balaban J connectivity index is 2.85. The first kappa shape index (κ1) is 14.2. The summed E-state index contributed by atoms with van der Waals surface area (Å²) in [6.07, 6.45) is -0.909. The van der Waals surface area contributed by atoms with Crippen molar-refractivity contribution in [3.05, 3.63) is 29.6 Å². The molecular formula is C12H17FN2O3. The highest BCUT2D eigenvalue weighted by Crippen LogP contribution is 2.28. The maximum Gasteiger partial charge on any atom is 0.405 e. The number of nitrogens with two attached hydrogens (primary N) is 2. The zero-order chi connectivity index (χ0) is 13.5. The lowest BCUT2D eigenvalue weighted by molar-refractivity contribution is 0.114. The average Bonchev–Trinajstić information content (AvgIpc) is 2.30. The molecule has 0 spiro atoms. The Bertz CT molecular complexity index is 412. The third kappa shape index (κ3) is 4.21. The average molecular weight is 256 g/mol. The van der Waals surface area contributed by atoms with Crippen LogP contribution in [0, 0.1) is 5.82 Å². The molecule has 0 heterocycles. The molecule has 5 nitrogen and oxygen atoms in total. The van der Waals surface area contributed by atoms with Gasteiger partial charge in [0.2, 0.25) is 0 Å². The van der Waals surface area contributed by atoms with Gasteiger partial charge in [0.15, 0.2) is 0 Å². The Morgan fingerprint density at radius 1 is 1.50 bits per heavy atom. The first-order valence-corrected chi connectivity index (χ1v) is 5.63. The van der Waals surface area contributed by atoms with E-state index in [-0.39, 0.29) is 0 Å². The second-order valence-corrected chi connectivity index (χ2v) is 3.75. The summed E-state index contributed by atoms with van der Waals surface area (Å²) in [6, 6.07) is 4.02. The number of carbonyl (C=O) groups excluding carboxylic acids is 1. The second-order valence-electron chi connectivity index (χ2n) is 3.75. The molecule has 0 radical (unpaired) electrons. The van der Waals surface area contributed by atoms with E-state index < -0.39 is 18.0 Å². The molecular weight excluding hydrogens is 239 g/mol. The summed E-state index contributed by atoms with van der Waals surface area (Å²) < 4.78 is 23.4. The predicted molar refractivity (Wildman–Crippen MR) is 64.6 cm³/mol. The zero-order valence-corrected chi connectivity index (χ0v) is 10.2. The van der Waals surface area contributed by atoms with Gasteiger partial charge in [-0.05, 0) is 38.1 Å². The van der Waals surface area contributed by atoms with Crippen LogP contribution in [0.2, 0.25) is 0 Å². The largest absolute Gasteiger partial charge is 0.493 e. The van der Waals surface area contributed by atoms with E-state index in [1.54, 1.807) is 6.92 Å². The fraction of sp³-hybridized carbons (Fsp3) is 0.417. The molecule has 6 heteroatoms. The van der Waals surface area contributed by atoms with E-state index >= 15 is 0 Å². The Morgan fingerprint density at radius 3 is 2.83 bits per heavy atom. The van der Waals surface area contributed by atoms with E-state index in [1.807, 2.05) is 0 Å². The van der Waals surface area contributed by atoms with Crippen molar-refractivity contribution >= 4 is 6.09 Å². The number of primary amides is 1. The van der Waals surface area contributed by atoms with Crippen LogP contribution in [0.5, 0.6) is 5.75 Å². The molecule has 1 atom stereocenters. The molecule has 100 valence electrons. The van der Waals surface area contributed by atoms with E-state index in [4.69, 9.17) is 20.9 Å². The van der Waals surface area contributed by atoms with Crippen LogP contribution in [0.3, 0.4) is 0 Å². The topological polar surface area (TPSA) is 87.6 Å². The van der Waals surface area contributed by atoms with Crippen molar-refractivity contribution < 1.29 is 18.7 Å². The summed E-state index contributed by atoms with van der Waals surface area (Å²) in [7, 11) is 0. The number of carbonyl (C=O) groups is 1. The number of halogens is 1. The SMILES string of the molecule is C[C@@H](OC(N)=O)c1cc(F)ccc1OCCCN. The van der Waals surface area contributed by atoms with Crippen molar-refractivity contribution in [1.82, 2.24) is 0 Å². The fourth-order valence-electron chi connectivity index (χ4n) is 1.47. The Morgan fingerprint density at radius 2 is 2.22 bits per heavy atom. The maximum atomic E-state index is 13.2. The normalized spacial score (nSPS) is 11.9. The molecule has 1 rings (SSSR count). The van der Waals surface area contributed by atoms with E-state index in [1.165, 1.54) is 18.2 Å². The molecule has 1 aromatic rings. The van der Waals surface area contributed by atoms with Gasteiger partial charge < -0.3 is 20.9 Å². The quantitative estimate of drug-likeness (QED) is 0.758. The Labute approximate surface area is 105 Å². The Kier molecular flexibility index (Phi) is 5.38. The van der Waals surface area contributed by atoms with Crippen LogP contribution >= 0.6 is 0 Å². The summed E-state index contributed by atoms with van der Waals surface area (Å²) in [5.74, 6) is 0.0229. The summed E-state index contributed by atoms with van der Waals surface area (Å²) in [5, 5.41) is 0. The molecule has 0 aliphatic rings. The van der Waals surface area contributed by atoms with Crippen molar-refractivity contribution in [1.29, 1.82) is 0 Å². The minimum absolute atomic E-state index is 0.415. The van der Waals surface area contributed by atoms with E-state index in [2.05, 4.69) is 0 Å². The van der Waals surface area contributed by atoms with Crippen LogP contribution in [-0.4, -0.2) is 19.2 Å². The molecule has 0 saturated carbocycles.